The van der Waals surface area contributed by atoms with E-state index in [1.165, 1.54) is 17.0 Å². The van der Waals surface area contributed by atoms with Crippen molar-refractivity contribution < 1.29 is 9.47 Å². The molecule has 3 heterocycles. The van der Waals surface area contributed by atoms with Crippen molar-refractivity contribution in [3.05, 3.63) is 17.0 Å². The average Bonchev–Trinajstić information content (AvgIpc) is 3.11. The summed E-state index contributed by atoms with van der Waals surface area (Å²) in [4.78, 5) is 2.57. The van der Waals surface area contributed by atoms with Crippen LogP contribution in [-0.2, 0) is 35.9 Å². The van der Waals surface area contributed by atoms with Crippen LogP contribution >= 0.6 is 0 Å². The minimum atomic E-state index is -0.0834. The zero-order valence-corrected chi connectivity index (χ0v) is 15.1. The first-order chi connectivity index (χ1) is 11.1. The summed E-state index contributed by atoms with van der Waals surface area (Å²) in [6, 6.07) is 0. The van der Waals surface area contributed by atoms with Crippen molar-refractivity contribution in [2.75, 3.05) is 26.3 Å². The highest BCUT2D eigenvalue weighted by Gasteiger charge is 2.43. The predicted octanol–water partition coefficient (Wildman–Crippen LogP) is 2.31. The van der Waals surface area contributed by atoms with Crippen molar-refractivity contribution in [1.29, 1.82) is 0 Å². The van der Waals surface area contributed by atoms with Gasteiger partial charge in [-0.25, -0.2) is 0 Å². The van der Waals surface area contributed by atoms with Crippen LogP contribution in [0, 0.1) is 0 Å². The van der Waals surface area contributed by atoms with E-state index in [9.17, 15) is 0 Å². The molecule has 2 fully saturated rings. The van der Waals surface area contributed by atoms with Crippen molar-refractivity contribution in [2.45, 2.75) is 64.7 Å². The zero-order valence-electron chi connectivity index (χ0n) is 15.1. The SMILES string of the molecule is CCc1nn(C)c(CC)c1CN1C[C@@H](CC)O[C@]2(CCOC2)C1. The van der Waals surface area contributed by atoms with Crippen molar-refractivity contribution in [3.63, 3.8) is 0 Å². The Balaban J connectivity index is 1.81. The lowest BCUT2D eigenvalue weighted by atomic mass is 9.97. The smallest absolute Gasteiger partial charge is 0.107 e. The third-order valence-corrected chi connectivity index (χ3v) is 5.32. The maximum atomic E-state index is 6.38. The standard InChI is InChI=1S/C18H31N3O2/c1-5-14-10-21(12-18(23-14)8-9-22-13-18)11-15-16(6-2)19-20(4)17(15)7-3/h14H,5-13H2,1-4H3/t14-,18-/m1/s1. The third kappa shape index (κ3) is 3.32. The van der Waals surface area contributed by atoms with E-state index in [-0.39, 0.29) is 5.60 Å². The summed E-state index contributed by atoms with van der Waals surface area (Å²) in [6.07, 6.45) is 4.44. The van der Waals surface area contributed by atoms with Gasteiger partial charge in [0.15, 0.2) is 0 Å². The van der Waals surface area contributed by atoms with Gasteiger partial charge in [-0.05, 0) is 19.3 Å². The van der Waals surface area contributed by atoms with Crippen LogP contribution in [0.3, 0.4) is 0 Å². The van der Waals surface area contributed by atoms with E-state index in [0.717, 1.165) is 58.5 Å². The van der Waals surface area contributed by atoms with E-state index in [2.05, 4.69) is 37.4 Å². The molecule has 23 heavy (non-hydrogen) atoms. The summed E-state index contributed by atoms with van der Waals surface area (Å²) in [5.74, 6) is 0. The van der Waals surface area contributed by atoms with Gasteiger partial charge >= 0.3 is 0 Å². The first kappa shape index (κ1) is 16.9. The van der Waals surface area contributed by atoms with Gasteiger partial charge in [-0.1, -0.05) is 20.8 Å². The third-order valence-electron chi connectivity index (χ3n) is 5.32. The molecule has 0 aromatic carbocycles. The van der Waals surface area contributed by atoms with Crippen molar-refractivity contribution >= 4 is 0 Å². The number of ether oxygens (including phenoxy) is 2. The van der Waals surface area contributed by atoms with Crippen LogP contribution in [0.25, 0.3) is 0 Å². The largest absolute Gasteiger partial charge is 0.378 e. The molecule has 1 aromatic heterocycles. The van der Waals surface area contributed by atoms with E-state index in [1.54, 1.807) is 0 Å². The molecule has 0 aliphatic carbocycles. The molecule has 3 rings (SSSR count). The molecule has 130 valence electrons. The second-order valence-corrected chi connectivity index (χ2v) is 7.01. The van der Waals surface area contributed by atoms with Gasteiger partial charge in [0.25, 0.3) is 0 Å². The number of morpholine rings is 1. The number of hydrogen-bond acceptors (Lipinski definition) is 4. The van der Waals surface area contributed by atoms with Gasteiger partial charge in [-0.3, -0.25) is 9.58 Å². The van der Waals surface area contributed by atoms with Gasteiger partial charge < -0.3 is 9.47 Å². The van der Waals surface area contributed by atoms with Gasteiger partial charge in [-0.15, -0.1) is 0 Å². The van der Waals surface area contributed by atoms with E-state index < -0.39 is 0 Å². The van der Waals surface area contributed by atoms with E-state index in [1.807, 2.05) is 0 Å². The fourth-order valence-electron chi connectivity index (χ4n) is 4.12. The van der Waals surface area contributed by atoms with Crippen molar-refractivity contribution in [1.82, 2.24) is 14.7 Å². The molecule has 0 amide bonds. The maximum Gasteiger partial charge on any atom is 0.107 e. The van der Waals surface area contributed by atoms with Crippen LogP contribution in [0.5, 0.6) is 0 Å². The second kappa shape index (κ2) is 6.91. The summed E-state index contributed by atoms with van der Waals surface area (Å²) < 4.78 is 14.1. The lowest BCUT2D eigenvalue weighted by Crippen LogP contribution is -2.55. The fraction of sp³-hybridized carbons (Fsp3) is 0.833. The van der Waals surface area contributed by atoms with Crippen LogP contribution in [0.1, 0.15) is 50.6 Å². The molecule has 5 heteroatoms. The molecular weight excluding hydrogens is 290 g/mol. The molecule has 1 spiro atoms. The Labute approximate surface area is 139 Å². The van der Waals surface area contributed by atoms with Crippen LogP contribution in [0.2, 0.25) is 0 Å². The molecule has 2 atom stereocenters. The molecule has 0 unspecified atom stereocenters. The molecule has 0 radical (unpaired) electrons. The number of nitrogens with zero attached hydrogens (tertiary/aromatic N) is 3. The second-order valence-electron chi connectivity index (χ2n) is 7.01. The lowest BCUT2D eigenvalue weighted by Gasteiger charge is -2.43. The highest BCUT2D eigenvalue weighted by molar-refractivity contribution is 5.27. The Kier molecular flexibility index (Phi) is 5.09. The minimum absolute atomic E-state index is 0.0834. The molecule has 2 saturated heterocycles. The maximum absolute atomic E-state index is 6.38. The molecule has 1 aromatic rings. The lowest BCUT2D eigenvalue weighted by molar-refractivity contribution is -0.156. The Morgan fingerprint density at radius 1 is 1.26 bits per heavy atom. The Bertz CT molecular complexity index is 535. The molecule has 5 nitrogen and oxygen atoms in total. The summed E-state index contributed by atoms with van der Waals surface area (Å²) in [6.45, 7) is 11.2. The predicted molar refractivity (Wildman–Crippen MR) is 90.6 cm³/mol. The first-order valence-electron chi connectivity index (χ1n) is 9.12. The number of aryl methyl sites for hydroxylation is 2. The molecule has 0 bridgehead atoms. The van der Waals surface area contributed by atoms with Crippen molar-refractivity contribution in [2.24, 2.45) is 7.05 Å². The molecule has 2 aliphatic rings. The Hall–Kier alpha value is -0.910. The normalized spacial score (nSPS) is 28.8. The summed E-state index contributed by atoms with van der Waals surface area (Å²) in [7, 11) is 2.07. The van der Waals surface area contributed by atoms with Crippen molar-refractivity contribution in [3.8, 4) is 0 Å². The summed E-state index contributed by atoms with van der Waals surface area (Å²) >= 11 is 0. The Morgan fingerprint density at radius 3 is 2.70 bits per heavy atom. The van der Waals surface area contributed by atoms with Crippen LogP contribution < -0.4 is 0 Å². The van der Waals surface area contributed by atoms with Crippen LogP contribution in [0.4, 0.5) is 0 Å². The number of hydrogen-bond donors (Lipinski definition) is 0. The van der Waals surface area contributed by atoms with Gasteiger partial charge in [0.05, 0.1) is 18.4 Å². The topological polar surface area (TPSA) is 39.5 Å². The molecule has 0 N–H and O–H groups in total. The highest BCUT2D eigenvalue weighted by Crippen LogP contribution is 2.32. The van der Waals surface area contributed by atoms with Gasteiger partial charge in [0, 0.05) is 51.0 Å². The zero-order chi connectivity index (χ0) is 16.4. The average molecular weight is 321 g/mol. The molecular formula is C18H31N3O2. The summed E-state index contributed by atoms with van der Waals surface area (Å²) in [5, 5.41) is 4.73. The first-order valence-corrected chi connectivity index (χ1v) is 9.12. The van der Waals surface area contributed by atoms with E-state index in [0.29, 0.717) is 6.10 Å². The van der Waals surface area contributed by atoms with Crippen LogP contribution in [0.15, 0.2) is 0 Å². The Morgan fingerprint density at radius 2 is 2.09 bits per heavy atom. The van der Waals surface area contributed by atoms with Gasteiger partial charge in [0.2, 0.25) is 0 Å². The molecule has 0 saturated carbocycles. The van der Waals surface area contributed by atoms with Crippen LogP contribution in [-0.4, -0.2) is 52.7 Å². The van der Waals surface area contributed by atoms with Gasteiger partial charge in [0.1, 0.15) is 5.60 Å². The fourth-order valence-corrected chi connectivity index (χ4v) is 4.12. The molecule has 2 aliphatic heterocycles. The highest BCUT2D eigenvalue weighted by atomic mass is 16.6. The number of rotatable bonds is 5. The minimum Gasteiger partial charge on any atom is -0.378 e. The quantitative estimate of drug-likeness (QED) is 0.834. The van der Waals surface area contributed by atoms with E-state index in [4.69, 9.17) is 14.6 Å². The monoisotopic (exact) mass is 321 g/mol. The van der Waals surface area contributed by atoms with Gasteiger partial charge in [-0.2, -0.15) is 5.10 Å². The van der Waals surface area contributed by atoms with E-state index >= 15 is 0 Å². The summed E-state index contributed by atoms with van der Waals surface area (Å²) in [5.41, 5.74) is 3.97. The number of aromatic nitrogens is 2.